The van der Waals surface area contributed by atoms with Gasteiger partial charge in [-0.1, -0.05) is 17.7 Å². The predicted molar refractivity (Wildman–Crippen MR) is 118 cm³/mol. The van der Waals surface area contributed by atoms with Gasteiger partial charge in [-0.15, -0.1) is 17.9 Å². The molecule has 4 bridgehead atoms. The van der Waals surface area contributed by atoms with E-state index in [4.69, 9.17) is 11.6 Å². The summed E-state index contributed by atoms with van der Waals surface area (Å²) in [5, 5.41) is 3.17. The topological polar surface area (TPSA) is 49.4 Å². The lowest BCUT2D eigenvalue weighted by atomic mass is 9.49. The summed E-state index contributed by atoms with van der Waals surface area (Å²) in [4.78, 5) is 28.5. The maximum Gasteiger partial charge on any atom is 0.226 e. The molecule has 4 aliphatic rings. The molecule has 0 radical (unpaired) electrons. The second-order valence-corrected chi connectivity index (χ2v) is 11.1. The number of nitrogens with one attached hydrogen (secondary N) is 1. The van der Waals surface area contributed by atoms with Crippen LogP contribution < -0.4 is 5.32 Å². The number of carbonyl (C=O) groups is 2. The van der Waals surface area contributed by atoms with Crippen molar-refractivity contribution in [2.45, 2.75) is 57.9 Å². The van der Waals surface area contributed by atoms with Gasteiger partial charge in [-0.05, 0) is 74.8 Å². The standard InChI is InChI=1S/C23H31ClN2O2S/c1-2-8-26(15-19-5-6-20(24)29-19)21(27)4-3-7-25-22(28)23-12-16-9-17(13-23)11-18(10-16)14-23/h2,5-6,16-18H,1,3-4,7-15H2,(H,25,28). The summed E-state index contributed by atoms with van der Waals surface area (Å²) < 4.78 is 0.735. The summed E-state index contributed by atoms with van der Waals surface area (Å²) in [5.74, 6) is 2.66. The zero-order valence-corrected chi connectivity index (χ0v) is 18.6. The van der Waals surface area contributed by atoms with Crippen LogP contribution in [0, 0.1) is 23.2 Å². The fourth-order valence-corrected chi connectivity index (χ4v) is 7.31. The van der Waals surface area contributed by atoms with Gasteiger partial charge in [0.15, 0.2) is 0 Å². The van der Waals surface area contributed by atoms with Gasteiger partial charge in [0.1, 0.15) is 0 Å². The maximum atomic E-state index is 13.0. The van der Waals surface area contributed by atoms with Crippen molar-refractivity contribution in [1.82, 2.24) is 10.2 Å². The van der Waals surface area contributed by atoms with Gasteiger partial charge < -0.3 is 10.2 Å². The average Bonchev–Trinajstić information content (AvgIpc) is 3.08. The number of carbonyl (C=O) groups excluding carboxylic acids is 2. The minimum Gasteiger partial charge on any atom is -0.356 e. The molecule has 0 atom stereocenters. The van der Waals surface area contributed by atoms with Crippen molar-refractivity contribution in [3.63, 3.8) is 0 Å². The SMILES string of the molecule is C=CCN(Cc1ccc(Cl)s1)C(=O)CCCNC(=O)C12CC3CC(CC(C3)C1)C2. The molecule has 0 unspecified atom stereocenters. The molecule has 29 heavy (non-hydrogen) atoms. The lowest BCUT2D eigenvalue weighted by Crippen LogP contribution is -2.53. The summed E-state index contributed by atoms with van der Waals surface area (Å²) in [5.41, 5.74) is -0.105. The summed E-state index contributed by atoms with van der Waals surface area (Å²) in [6.07, 6.45) is 10.1. The van der Waals surface area contributed by atoms with Crippen LogP contribution in [-0.4, -0.2) is 29.8 Å². The Balaban J connectivity index is 1.23. The second-order valence-electron chi connectivity index (χ2n) is 9.33. The number of hydrogen-bond acceptors (Lipinski definition) is 3. The minimum absolute atomic E-state index is 0.0958. The van der Waals surface area contributed by atoms with E-state index in [1.807, 2.05) is 12.1 Å². The Kier molecular flexibility index (Phi) is 6.35. The first kappa shape index (κ1) is 20.9. The van der Waals surface area contributed by atoms with Crippen LogP contribution in [0.15, 0.2) is 24.8 Å². The molecular formula is C23H31ClN2O2S. The Morgan fingerprint density at radius 2 is 1.86 bits per heavy atom. The minimum atomic E-state index is -0.105. The van der Waals surface area contributed by atoms with Gasteiger partial charge in [0, 0.05) is 29.8 Å². The molecule has 1 heterocycles. The molecular weight excluding hydrogens is 404 g/mol. The van der Waals surface area contributed by atoms with Gasteiger partial charge >= 0.3 is 0 Å². The largest absolute Gasteiger partial charge is 0.356 e. The molecule has 4 aliphatic carbocycles. The van der Waals surface area contributed by atoms with Crippen LogP contribution >= 0.6 is 22.9 Å². The van der Waals surface area contributed by atoms with E-state index >= 15 is 0 Å². The Labute approximate surface area is 182 Å². The Hall–Kier alpha value is -1.33. The van der Waals surface area contributed by atoms with Gasteiger partial charge in [-0.2, -0.15) is 0 Å². The van der Waals surface area contributed by atoms with E-state index in [1.165, 1.54) is 30.6 Å². The lowest BCUT2D eigenvalue weighted by molar-refractivity contribution is -0.146. The quantitative estimate of drug-likeness (QED) is 0.437. The monoisotopic (exact) mass is 434 g/mol. The number of halogens is 1. The molecule has 158 valence electrons. The molecule has 4 nitrogen and oxygen atoms in total. The summed E-state index contributed by atoms with van der Waals surface area (Å²) in [7, 11) is 0. The Morgan fingerprint density at radius 1 is 1.21 bits per heavy atom. The van der Waals surface area contributed by atoms with E-state index in [-0.39, 0.29) is 17.2 Å². The van der Waals surface area contributed by atoms with Crippen LogP contribution in [0.3, 0.4) is 0 Å². The molecule has 4 fully saturated rings. The van der Waals surface area contributed by atoms with Crippen molar-refractivity contribution >= 4 is 34.8 Å². The van der Waals surface area contributed by atoms with E-state index < -0.39 is 0 Å². The number of thiophene rings is 1. The van der Waals surface area contributed by atoms with Gasteiger partial charge in [-0.3, -0.25) is 9.59 Å². The number of hydrogen-bond donors (Lipinski definition) is 1. The highest BCUT2D eigenvalue weighted by Crippen LogP contribution is 2.60. The van der Waals surface area contributed by atoms with Crippen LogP contribution in [0.2, 0.25) is 4.34 Å². The second kappa shape index (κ2) is 8.81. The van der Waals surface area contributed by atoms with Crippen LogP contribution in [-0.2, 0) is 16.1 Å². The van der Waals surface area contributed by atoms with E-state index in [0.717, 1.165) is 46.2 Å². The van der Waals surface area contributed by atoms with Gasteiger partial charge in [0.2, 0.25) is 11.8 Å². The Morgan fingerprint density at radius 3 is 2.41 bits per heavy atom. The first-order valence-corrected chi connectivity index (χ1v) is 12.1. The van der Waals surface area contributed by atoms with Crippen LogP contribution in [0.25, 0.3) is 0 Å². The number of nitrogens with zero attached hydrogens (tertiary/aromatic N) is 1. The molecule has 1 aromatic heterocycles. The van der Waals surface area contributed by atoms with E-state index in [1.54, 1.807) is 11.0 Å². The molecule has 0 aliphatic heterocycles. The zero-order valence-electron chi connectivity index (χ0n) is 17.0. The van der Waals surface area contributed by atoms with Gasteiger partial charge in [-0.25, -0.2) is 0 Å². The molecule has 0 spiro atoms. The third-order valence-corrected chi connectivity index (χ3v) is 8.27. The third-order valence-electron chi connectivity index (χ3n) is 7.05. The molecule has 4 saturated carbocycles. The average molecular weight is 435 g/mol. The van der Waals surface area contributed by atoms with E-state index in [9.17, 15) is 9.59 Å². The summed E-state index contributed by atoms with van der Waals surface area (Å²) in [6.45, 7) is 5.43. The van der Waals surface area contributed by atoms with Crippen molar-refractivity contribution in [2.75, 3.05) is 13.1 Å². The molecule has 1 aromatic rings. The van der Waals surface area contributed by atoms with E-state index in [0.29, 0.717) is 32.5 Å². The Bertz CT molecular complexity index is 739. The maximum absolute atomic E-state index is 13.0. The van der Waals surface area contributed by atoms with E-state index in [2.05, 4.69) is 11.9 Å². The predicted octanol–water partition coefficient (Wildman–Crippen LogP) is 5.03. The molecule has 6 heteroatoms. The number of amides is 2. The van der Waals surface area contributed by atoms with Crippen molar-refractivity contribution in [1.29, 1.82) is 0 Å². The molecule has 1 N–H and O–H groups in total. The van der Waals surface area contributed by atoms with Crippen molar-refractivity contribution in [2.24, 2.45) is 23.2 Å². The molecule has 2 amide bonds. The zero-order chi connectivity index (χ0) is 20.4. The van der Waals surface area contributed by atoms with Crippen molar-refractivity contribution < 1.29 is 9.59 Å². The molecule has 5 rings (SSSR count). The fraction of sp³-hybridized carbons (Fsp3) is 0.652. The highest BCUT2D eigenvalue weighted by atomic mass is 35.5. The third kappa shape index (κ3) is 4.72. The van der Waals surface area contributed by atoms with Gasteiger partial charge in [0.25, 0.3) is 0 Å². The van der Waals surface area contributed by atoms with Crippen LogP contribution in [0.4, 0.5) is 0 Å². The smallest absolute Gasteiger partial charge is 0.226 e. The van der Waals surface area contributed by atoms with Gasteiger partial charge in [0.05, 0.1) is 10.9 Å². The molecule has 0 aromatic carbocycles. The fourth-order valence-electron chi connectivity index (χ4n) is 6.21. The number of rotatable bonds is 9. The van der Waals surface area contributed by atoms with Crippen molar-refractivity contribution in [3.05, 3.63) is 34.0 Å². The first-order valence-electron chi connectivity index (χ1n) is 10.9. The summed E-state index contributed by atoms with van der Waals surface area (Å²) >= 11 is 7.50. The van der Waals surface area contributed by atoms with Crippen molar-refractivity contribution in [3.8, 4) is 0 Å². The van der Waals surface area contributed by atoms with Crippen LogP contribution in [0.5, 0.6) is 0 Å². The summed E-state index contributed by atoms with van der Waals surface area (Å²) in [6, 6.07) is 3.82. The molecule has 0 saturated heterocycles. The van der Waals surface area contributed by atoms with Crippen LogP contribution in [0.1, 0.15) is 56.2 Å². The normalized spacial score (nSPS) is 29.6. The lowest BCUT2D eigenvalue weighted by Gasteiger charge is -2.55. The highest BCUT2D eigenvalue weighted by Gasteiger charge is 2.54. The first-order chi connectivity index (χ1) is 14.0. The highest BCUT2D eigenvalue weighted by molar-refractivity contribution is 7.16.